The predicted molar refractivity (Wildman–Crippen MR) is 222 cm³/mol. The van der Waals surface area contributed by atoms with Gasteiger partial charge in [0, 0.05) is 8.95 Å². The SMILES string of the molecule is C[S+](c1ccccc1)c1ccc2c3c(ccc(Br)c13)CC2.C[S+](c1ccccc1)c1ccc2c3c(ccc(Br)c13)CC2.O=S(=O)([O-])C(F)(F)F.O=S(=O)([O-])C(F)(F)F. The smallest absolute Gasteiger partial charge is 0.485 e. The minimum absolute atomic E-state index is 0.0996. The van der Waals surface area contributed by atoms with Crippen molar-refractivity contribution in [3.8, 4) is 0 Å². The number of alkyl halides is 6. The fraction of sp³-hybridized carbons (Fsp3) is 0.200. The Balaban J connectivity index is 0.000000163. The molecule has 0 N–H and O–H groups in total. The normalized spacial score (nSPS) is 14.4. The fourth-order valence-corrected chi connectivity index (χ4v) is 11.1. The van der Waals surface area contributed by atoms with Crippen LogP contribution in [0, 0.1) is 0 Å². The predicted octanol–water partition coefficient (Wildman–Crippen LogP) is 10.8. The number of halogens is 8. The lowest BCUT2D eigenvalue weighted by Crippen LogP contribution is -2.21. The van der Waals surface area contributed by atoms with Gasteiger partial charge in [0.05, 0.1) is 32.6 Å². The first-order chi connectivity index (χ1) is 27.0. The Morgan fingerprint density at radius 3 is 0.983 bits per heavy atom. The summed E-state index contributed by atoms with van der Waals surface area (Å²) in [5.41, 5.74) is -5.25. The van der Waals surface area contributed by atoms with Gasteiger partial charge in [-0.3, -0.25) is 0 Å². The first-order valence-corrected chi connectivity index (χ1v) is 24.6. The molecule has 2 aliphatic carbocycles. The van der Waals surface area contributed by atoms with Crippen LogP contribution in [0.15, 0.2) is 138 Å². The molecule has 0 spiro atoms. The van der Waals surface area contributed by atoms with Crippen LogP contribution in [0.3, 0.4) is 0 Å². The van der Waals surface area contributed by atoms with Gasteiger partial charge in [0.2, 0.25) is 0 Å². The highest BCUT2D eigenvalue weighted by Gasteiger charge is 2.37. The molecule has 0 aromatic heterocycles. The molecule has 2 aliphatic rings. The van der Waals surface area contributed by atoms with Crippen molar-refractivity contribution in [2.24, 2.45) is 0 Å². The van der Waals surface area contributed by atoms with E-state index in [1.807, 2.05) is 0 Å². The van der Waals surface area contributed by atoms with E-state index in [-0.39, 0.29) is 21.8 Å². The molecule has 8 rings (SSSR count). The first kappa shape index (κ1) is 46.0. The molecule has 6 aromatic rings. The summed E-state index contributed by atoms with van der Waals surface area (Å²) in [6, 6.07) is 40.0. The Kier molecular flexibility index (Phi) is 14.5. The van der Waals surface area contributed by atoms with E-state index in [0.717, 1.165) is 0 Å². The minimum Gasteiger partial charge on any atom is -0.741 e. The zero-order chi connectivity index (χ0) is 42.8. The maximum absolute atomic E-state index is 10.7. The highest BCUT2D eigenvalue weighted by molar-refractivity contribution is 9.11. The van der Waals surface area contributed by atoms with Crippen molar-refractivity contribution in [2.75, 3.05) is 12.5 Å². The molecular weight excluding hydrogens is 978 g/mol. The number of benzene rings is 6. The Bertz CT molecular complexity index is 2460. The fourth-order valence-electron chi connectivity index (χ4n) is 6.53. The Labute approximate surface area is 354 Å². The van der Waals surface area contributed by atoms with Crippen LogP contribution >= 0.6 is 31.9 Å². The summed E-state index contributed by atoms with van der Waals surface area (Å²) in [4.78, 5) is 5.72. The summed E-state index contributed by atoms with van der Waals surface area (Å²) in [5.74, 6) is 0. The lowest BCUT2D eigenvalue weighted by atomic mass is 10.1. The first-order valence-electron chi connectivity index (χ1n) is 16.9. The molecule has 0 fully saturated rings. The van der Waals surface area contributed by atoms with E-state index in [0.29, 0.717) is 0 Å². The molecule has 0 saturated heterocycles. The zero-order valence-electron chi connectivity index (χ0n) is 30.3. The van der Waals surface area contributed by atoms with E-state index in [1.54, 1.807) is 0 Å². The van der Waals surface area contributed by atoms with Crippen molar-refractivity contribution in [3.05, 3.63) is 140 Å². The molecular formula is C40H32Br2F6O6S4. The van der Waals surface area contributed by atoms with Gasteiger partial charge in [-0.25, -0.2) is 16.8 Å². The average molecular weight is 1010 g/mol. The van der Waals surface area contributed by atoms with E-state index in [4.69, 9.17) is 25.9 Å². The molecule has 0 heterocycles. The summed E-state index contributed by atoms with van der Waals surface area (Å²) in [5, 5.41) is 5.85. The van der Waals surface area contributed by atoms with E-state index < -0.39 is 31.3 Å². The highest BCUT2D eigenvalue weighted by atomic mass is 79.9. The molecule has 6 nitrogen and oxygen atoms in total. The molecule has 0 aliphatic heterocycles. The van der Waals surface area contributed by atoms with Gasteiger partial charge in [-0.15, -0.1) is 0 Å². The maximum Gasteiger partial charge on any atom is 0.485 e. The second-order valence-corrected chi connectivity index (χ2v) is 21.1. The van der Waals surface area contributed by atoms with Crippen molar-refractivity contribution >= 4 is 95.4 Å². The standard InChI is InChI=1S/2C19H16BrS.2CHF3O3S/c2*1-21(15-5-3-2-4-6-15)17-12-10-14-8-7-13-9-11-16(20)19(17)18(13)14;2*2-1(3,4)8(5,6)7/h2*2-6,9-12H,7-8H2,1H3;2*(H,5,6,7)/q2*+1;;/p-2. The lowest BCUT2D eigenvalue weighted by molar-refractivity contribution is -0.0522. The summed E-state index contributed by atoms with van der Waals surface area (Å²) in [7, 11) is -12.0. The van der Waals surface area contributed by atoms with Gasteiger partial charge in [0.15, 0.2) is 39.8 Å². The van der Waals surface area contributed by atoms with Crippen LogP contribution in [0.5, 0.6) is 0 Å². The summed E-state index contributed by atoms with van der Waals surface area (Å²) in [6.45, 7) is 0. The molecule has 0 bridgehead atoms. The number of rotatable bonds is 4. The van der Waals surface area contributed by atoms with Gasteiger partial charge in [-0.2, -0.15) is 26.3 Å². The van der Waals surface area contributed by atoms with Crippen LogP contribution in [-0.2, 0) is 67.7 Å². The molecule has 0 radical (unpaired) electrons. The summed E-state index contributed by atoms with van der Waals surface area (Å²) in [6.07, 6.45) is 9.41. The second-order valence-electron chi connectivity index (χ2n) is 12.8. The number of hydrogen-bond acceptors (Lipinski definition) is 6. The Morgan fingerprint density at radius 1 is 0.466 bits per heavy atom. The van der Waals surface area contributed by atoms with Crippen molar-refractivity contribution in [3.63, 3.8) is 0 Å². The van der Waals surface area contributed by atoms with Crippen LogP contribution < -0.4 is 0 Å². The van der Waals surface area contributed by atoms with Crippen LogP contribution in [0.25, 0.3) is 21.5 Å². The summed E-state index contributed by atoms with van der Waals surface area (Å²) < 4.78 is 120. The Morgan fingerprint density at radius 2 is 0.724 bits per heavy atom. The third-order valence-corrected chi connectivity index (χ3v) is 15.6. The van der Waals surface area contributed by atoms with Crippen molar-refractivity contribution in [1.29, 1.82) is 0 Å². The second kappa shape index (κ2) is 18.3. The van der Waals surface area contributed by atoms with Gasteiger partial charge < -0.3 is 9.11 Å². The average Bonchev–Trinajstić information content (AvgIpc) is 3.79. The molecule has 2 unspecified atom stereocenters. The third-order valence-electron chi connectivity index (χ3n) is 9.24. The molecule has 0 saturated carbocycles. The Hall–Kier alpha value is -3.10. The van der Waals surface area contributed by atoms with E-state index in [9.17, 15) is 26.3 Å². The van der Waals surface area contributed by atoms with Gasteiger partial charge in [-0.1, -0.05) is 60.7 Å². The highest BCUT2D eigenvalue weighted by Crippen LogP contribution is 2.42. The van der Waals surface area contributed by atoms with Gasteiger partial charge in [0.25, 0.3) is 0 Å². The number of aryl methyl sites for hydroxylation is 4. The van der Waals surface area contributed by atoms with Crippen molar-refractivity contribution < 1.29 is 52.3 Å². The molecule has 18 heteroatoms. The number of hydrogen-bond donors (Lipinski definition) is 0. The van der Waals surface area contributed by atoms with Crippen LogP contribution in [0.2, 0.25) is 0 Å². The largest absolute Gasteiger partial charge is 0.741 e. The third kappa shape index (κ3) is 10.4. The lowest BCUT2D eigenvalue weighted by Gasteiger charge is -2.10. The van der Waals surface area contributed by atoms with Gasteiger partial charge in [0.1, 0.15) is 12.5 Å². The van der Waals surface area contributed by atoms with Crippen LogP contribution in [0.4, 0.5) is 26.3 Å². The zero-order valence-corrected chi connectivity index (χ0v) is 36.8. The van der Waals surface area contributed by atoms with Crippen LogP contribution in [0.1, 0.15) is 22.3 Å². The molecule has 0 amide bonds. The molecule has 308 valence electrons. The molecule has 58 heavy (non-hydrogen) atoms. The molecule has 6 aromatic carbocycles. The maximum atomic E-state index is 10.7. The van der Waals surface area contributed by atoms with E-state index in [1.165, 1.54) is 98.0 Å². The summed E-state index contributed by atoms with van der Waals surface area (Å²) >= 11 is 7.58. The topological polar surface area (TPSA) is 114 Å². The van der Waals surface area contributed by atoms with Gasteiger partial charge >= 0.3 is 11.0 Å². The van der Waals surface area contributed by atoms with Crippen LogP contribution in [-0.4, -0.2) is 49.5 Å². The van der Waals surface area contributed by atoms with Gasteiger partial charge in [-0.05, 0) is 139 Å². The minimum atomic E-state index is -6.09. The monoisotopic (exact) mass is 1010 g/mol. The van der Waals surface area contributed by atoms with E-state index in [2.05, 4.69) is 154 Å². The quantitative estimate of drug-likeness (QED) is 0.0752. The van der Waals surface area contributed by atoms with Crippen molar-refractivity contribution in [1.82, 2.24) is 0 Å². The van der Waals surface area contributed by atoms with E-state index >= 15 is 0 Å². The molecule has 2 atom stereocenters. The van der Waals surface area contributed by atoms with Crippen molar-refractivity contribution in [2.45, 2.75) is 56.3 Å².